The van der Waals surface area contributed by atoms with E-state index in [1.165, 1.54) is 4.88 Å². The molecule has 5 heteroatoms. The van der Waals surface area contributed by atoms with E-state index >= 15 is 0 Å². The molecule has 106 valence electrons. The van der Waals surface area contributed by atoms with Gasteiger partial charge in [0.05, 0.1) is 11.4 Å². The van der Waals surface area contributed by atoms with Gasteiger partial charge in [-0.25, -0.2) is 4.98 Å². The van der Waals surface area contributed by atoms with Crippen molar-refractivity contribution in [1.29, 1.82) is 0 Å². The first-order chi connectivity index (χ1) is 9.54. The summed E-state index contributed by atoms with van der Waals surface area (Å²) in [6, 6.07) is 6.81. The highest BCUT2D eigenvalue weighted by Crippen LogP contribution is 2.13. The first kappa shape index (κ1) is 14.5. The number of rotatable bonds is 5. The van der Waals surface area contributed by atoms with E-state index in [4.69, 9.17) is 0 Å². The summed E-state index contributed by atoms with van der Waals surface area (Å²) in [4.78, 5) is 19.3. The van der Waals surface area contributed by atoms with Crippen LogP contribution in [0, 0.1) is 6.92 Å². The highest BCUT2D eigenvalue weighted by Gasteiger charge is 2.11. The first-order valence-electron chi connectivity index (χ1n) is 6.48. The number of aryl methyl sites for hydroxylation is 1. The molecule has 2 rings (SSSR count). The van der Waals surface area contributed by atoms with Gasteiger partial charge in [-0.05, 0) is 24.6 Å². The van der Waals surface area contributed by atoms with Crippen molar-refractivity contribution in [2.45, 2.75) is 19.8 Å². The molecule has 0 aliphatic rings. The van der Waals surface area contributed by atoms with E-state index in [-0.39, 0.29) is 11.7 Å². The molecular formula is C15H18N2O2S. The zero-order valence-corrected chi connectivity index (χ0v) is 12.5. The van der Waals surface area contributed by atoms with Crippen LogP contribution in [0.5, 0.6) is 5.75 Å². The number of aromatic hydroxyl groups is 1. The number of phenolic OH excluding ortho intramolecular Hbond substituents is 1. The Morgan fingerprint density at radius 1 is 1.45 bits per heavy atom. The van der Waals surface area contributed by atoms with E-state index in [2.05, 4.69) is 4.98 Å². The Labute approximate surface area is 122 Å². The molecule has 0 saturated heterocycles. The zero-order valence-electron chi connectivity index (χ0n) is 11.7. The minimum Gasteiger partial charge on any atom is -0.508 e. The summed E-state index contributed by atoms with van der Waals surface area (Å²) in [5.41, 5.74) is 0.826. The van der Waals surface area contributed by atoms with Gasteiger partial charge in [-0.15, -0.1) is 11.3 Å². The van der Waals surface area contributed by atoms with Crippen molar-refractivity contribution in [3.63, 3.8) is 0 Å². The van der Waals surface area contributed by atoms with Crippen molar-refractivity contribution in [2.75, 3.05) is 13.6 Å². The smallest absolute Gasteiger partial charge is 0.226 e. The standard InChI is InChI=1S/C15H18N2O2S/c1-11-10-16-14(20-11)6-7-17(2)15(19)9-12-4-3-5-13(18)8-12/h3-5,8,10,18H,6-7,9H2,1-2H3. The minimum absolute atomic E-state index is 0.0453. The van der Waals surface area contributed by atoms with Crippen LogP contribution >= 0.6 is 11.3 Å². The van der Waals surface area contributed by atoms with E-state index < -0.39 is 0 Å². The first-order valence-corrected chi connectivity index (χ1v) is 7.29. The number of hydrogen-bond donors (Lipinski definition) is 1. The quantitative estimate of drug-likeness (QED) is 0.920. The van der Waals surface area contributed by atoms with Crippen molar-refractivity contribution in [1.82, 2.24) is 9.88 Å². The summed E-state index contributed by atoms with van der Waals surface area (Å²) < 4.78 is 0. The lowest BCUT2D eigenvalue weighted by molar-refractivity contribution is -0.129. The molecule has 0 bridgehead atoms. The highest BCUT2D eigenvalue weighted by atomic mass is 32.1. The third kappa shape index (κ3) is 4.06. The van der Waals surface area contributed by atoms with Gasteiger partial charge in [0.25, 0.3) is 0 Å². The average molecular weight is 290 g/mol. The van der Waals surface area contributed by atoms with E-state index in [1.807, 2.05) is 19.2 Å². The van der Waals surface area contributed by atoms with Crippen LogP contribution in [0.4, 0.5) is 0 Å². The number of carbonyl (C=O) groups is 1. The molecule has 1 aromatic carbocycles. The molecular weight excluding hydrogens is 272 g/mol. The summed E-state index contributed by atoms with van der Waals surface area (Å²) >= 11 is 1.67. The number of thiazole rings is 1. The molecule has 2 aromatic rings. The highest BCUT2D eigenvalue weighted by molar-refractivity contribution is 7.11. The predicted molar refractivity (Wildman–Crippen MR) is 80.0 cm³/mol. The van der Waals surface area contributed by atoms with Crippen LogP contribution in [0.3, 0.4) is 0 Å². The third-order valence-corrected chi connectivity index (χ3v) is 3.99. The molecule has 0 saturated carbocycles. The fourth-order valence-electron chi connectivity index (χ4n) is 1.88. The second-order valence-corrected chi connectivity index (χ2v) is 6.10. The molecule has 0 aliphatic carbocycles. The molecule has 0 fully saturated rings. The lowest BCUT2D eigenvalue weighted by atomic mass is 10.1. The van der Waals surface area contributed by atoms with Crippen LogP contribution in [0.2, 0.25) is 0 Å². The Kier molecular flexibility index (Phi) is 4.74. The molecule has 0 aliphatic heterocycles. The Bertz CT molecular complexity index is 595. The average Bonchev–Trinajstić information content (AvgIpc) is 2.81. The molecule has 1 amide bonds. The molecule has 0 atom stereocenters. The normalized spacial score (nSPS) is 10.5. The molecule has 1 N–H and O–H groups in total. The van der Waals surface area contributed by atoms with Crippen molar-refractivity contribution in [3.05, 3.63) is 45.9 Å². The second-order valence-electron chi connectivity index (χ2n) is 4.78. The van der Waals surface area contributed by atoms with Crippen LogP contribution in [0.15, 0.2) is 30.5 Å². The maximum Gasteiger partial charge on any atom is 0.226 e. The largest absolute Gasteiger partial charge is 0.508 e. The van der Waals surface area contributed by atoms with Gasteiger partial charge in [-0.2, -0.15) is 0 Å². The molecule has 0 spiro atoms. The van der Waals surface area contributed by atoms with Gasteiger partial charge in [-0.1, -0.05) is 12.1 Å². The van der Waals surface area contributed by atoms with Gasteiger partial charge < -0.3 is 10.0 Å². The number of likely N-dealkylation sites (N-methyl/N-ethyl adjacent to an activating group) is 1. The fourth-order valence-corrected chi connectivity index (χ4v) is 2.66. The van der Waals surface area contributed by atoms with Gasteiger partial charge in [0.1, 0.15) is 5.75 Å². The minimum atomic E-state index is 0.0453. The van der Waals surface area contributed by atoms with Gasteiger partial charge in [-0.3, -0.25) is 4.79 Å². The summed E-state index contributed by atoms with van der Waals surface area (Å²) in [5, 5.41) is 10.4. The lowest BCUT2D eigenvalue weighted by Gasteiger charge is -2.16. The van der Waals surface area contributed by atoms with Crippen molar-refractivity contribution >= 4 is 17.2 Å². The van der Waals surface area contributed by atoms with Gasteiger partial charge in [0, 0.05) is 31.1 Å². The monoisotopic (exact) mass is 290 g/mol. The number of amides is 1. The Morgan fingerprint density at radius 3 is 2.90 bits per heavy atom. The van der Waals surface area contributed by atoms with Gasteiger partial charge in [0.2, 0.25) is 5.91 Å². The zero-order chi connectivity index (χ0) is 14.5. The van der Waals surface area contributed by atoms with Crippen LogP contribution in [-0.2, 0) is 17.6 Å². The summed E-state index contributed by atoms with van der Waals surface area (Å²) in [6.45, 7) is 2.68. The molecule has 1 heterocycles. The number of carbonyl (C=O) groups excluding carboxylic acids is 1. The summed E-state index contributed by atoms with van der Waals surface area (Å²) in [5.74, 6) is 0.236. The van der Waals surface area contributed by atoms with E-state index in [9.17, 15) is 9.90 Å². The molecule has 4 nitrogen and oxygen atoms in total. The number of hydrogen-bond acceptors (Lipinski definition) is 4. The third-order valence-electron chi connectivity index (χ3n) is 3.02. The van der Waals surface area contributed by atoms with Crippen molar-refractivity contribution in [3.8, 4) is 5.75 Å². The lowest BCUT2D eigenvalue weighted by Crippen LogP contribution is -2.30. The second kappa shape index (κ2) is 6.52. The molecule has 1 aromatic heterocycles. The fraction of sp³-hybridized carbons (Fsp3) is 0.333. The topological polar surface area (TPSA) is 53.4 Å². The summed E-state index contributed by atoms with van der Waals surface area (Å²) in [7, 11) is 1.80. The number of aromatic nitrogens is 1. The van der Waals surface area contributed by atoms with Crippen LogP contribution in [-0.4, -0.2) is 34.5 Å². The van der Waals surface area contributed by atoms with E-state index in [1.54, 1.807) is 41.5 Å². The Balaban J connectivity index is 1.85. The molecule has 0 radical (unpaired) electrons. The Hall–Kier alpha value is -1.88. The molecule has 20 heavy (non-hydrogen) atoms. The maximum atomic E-state index is 12.1. The van der Waals surface area contributed by atoms with Gasteiger partial charge >= 0.3 is 0 Å². The predicted octanol–water partition coefficient (Wildman–Crippen LogP) is 2.40. The van der Waals surface area contributed by atoms with Gasteiger partial charge in [0.15, 0.2) is 0 Å². The van der Waals surface area contributed by atoms with Crippen LogP contribution in [0.1, 0.15) is 15.4 Å². The van der Waals surface area contributed by atoms with Crippen molar-refractivity contribution < 1.29 is 9.90 Å². The summed E-state index contributed by atoms with van der Waals surface area (Å²) in [6.07, 6.45) is 2.94. The van der Waals surface area contributed by atoms with Crippen LogP contribution < -0.4 is 0 Å². The number of nitrogens with zero attached hydrogens (tertiary/aromatic N) is 2. The Morgan fingerprint density at radius 2 is 2.25 bits per heavy atom. The van der Waals surface area contributed by atoms with E-state index in [0.717, 1.165) is 17.0 Å². The molecule has 0 unspecified atom stereocenters. The van der Waals surface area contributed by atoms with Crippen LogP contribution in [0.25, 0.3) is 0 Å². The SMILES string of the molecule is Cc1cnc(CCN(C)C(=O)Cc2cccc(O)c2)s1. The number of phenols is 1. The maximum absolute atomic E-state index is 12.1. The van der Waals surface area contributed by atoms with Crippen molar-refractivity contribution in [2.24, 2.45) is 0 Å². The number of benzene rings is 1. The van der Waals surface area contributed by atoms with E-state index in [0.29, 0.717) is 13.0 Å².